The van der Waals surface area contributed by atoms with E-state index in [1.54, 1.807) is 30.3 Å². The highest BCUT2D eigenvalue weighted by molar-refractivity contribution is 6.32. The Balaban J connectivity index is 2.10. The van der Waals surface area contributed by atoms with Gasteiger partial charge < -0.3 is 10.5 Å². The minimum absolute atomic E-state index is 0.272. The molecule has 0 saturated carbocycles. The molecule has 2 nitrogen and oxygen atoms in total. The summed E-state index contributed by atoms with van der Waals surface area (Å²) in [6.45, 7) is 0.300. The minimum Gasteiger partial charge on any atom is -0.485 e. The highest BCUT2D eigenvalue weighted by Gasteiger charge is 2.05. The first-order valence-electron chi connectivity index (χ1n) is 5.08. The van der Waals surface area contributed by atoms with Crippen molar-refractivity contribution in [2.75, 3.05) is 5.73 Å². The smallest absolute Gasteiger partial charge is 0.161 e. The fourth-order valence-electron chi connectivity index (χ4n) is 1.41. The number of hydrogen-bond donors (Lipinski definition) is 1. The molecule has 0 aromatic heterocycles. The van der Waals surface area contributed by atoms with Gasteiger partial charge in [0.2, 0.25) is 0 Å². The standard InChI is InChI=1S/C13H11ClFNO/c14-11-2-1-3-12(16)13(11)17-8-9-4-6-10(15)7-5-9/h1-7H,8,16H2. The molecule has 2 rings (SSSR count). The van der Waals surface area contributed by atoms with E-state index in [0.29, 0.717) is 23.1 Å². The second-order valence-corrected chi connectivity index (χ2v) is 3.98. The molecule has 2 aromatic carbocycles. The lowest BCUT2D eigenvalue weighted by Gasteiger charge is -2.10. The number of rotatable bonds is 3. The average Bonchev–Trinajstić information content (AvgIpc) is 2.31. The fourth-order valence-corrected chi connectivity index (χ4v) is 1.65. The maximum Gasteiger partial charge on any atom is 0.161 e. The lowest BCUT2D eigenvalue weighted by atomic mass is 10.2. The molecule has 0 aliphatic heterocycles. The van der Waals surface area contributed by atoms with Crippen LogP contribution >= 0.6 is 11.6 Å². The van der Waals surface area contributed by atoms with E-state index in [1.807, 2.05) is 0 Å². The van der Waals surface area contributed by atoms with Gasteiger partial charge in [0.15, 0.2) is 5.75 Å². The maximum absolute atomic E-state index is 12.7. The van der Waals surface area contributed by atoms with Crippen LogP contribution in [0.5, 0.6) is 5.75 Å². The van der Waals surface area contributed by atoms with Crippen LogP contribution in [0.4, 0.5) is 10.1 Å². The van der Waals surface area contributed by atoms with Gasteiger partial charge in [-0.25, -0.2) is 4.39 Å². The van der Waals surface area contributed by atoms with Crippen molar-refractivity contribution in [3.8, 4) is 5.75 Å². The van der Waals surface area contributed by atoms with Crippen molar-refractivity contribution in [2.24, 2.45) is 0 Å². The molecule has 0 saturated heterocycles. The Morgan fingerprint density at radius 3 is 2.47 bits per heavy atom. The van der Waals surface area contributed by atoms with Gasteiger partial charge in [0.05, 0.1) is 10.7 Å². The van der Waals surface area contributed by atoms with Crippen LogP contribution in [-0.2, 0) is 6.61 Å². The van der Waals surface area contributed by atoms with Crippen LogP contribution in [0.1, 0.15) is 5.56 Å². The molecule has 0 atom stereocenters. The van der Waals surface area contributed by atoms with E-state index in [0.717, 1.165) is 5.56 Å². The number of halogens is 2. The first-order chi connectivity index (χ1) is 8.16. The molecule has 4 heteroatoms. The van der Waals surface area contributed by atoms with Gasteiger partial charge in [0.1, 0.15) is 12.4 Å². The van der Waals surface area contributed by atoms with Crippen molar-refractivity contribution < 1.29 is 9.13 Å². The summed E-state index contributed by atoms with van der Waals surface area (Å²) in [5, 5.41) is 0.465. The van der Waals surface area contributed by atoms with Crippen LogP contribution in [0, 0.1) is 5.82 Å². The van der Waals surface area contributed by atoms with Crippen LogP contribution in [0.3, 0.4) is 0 Å². The summed E-state index contributed by atoms with van der Waals surface area (Å²) >= 11 is 5.96. The van der Waals surface area contributed by atoms with Gasteiger partial charge >= 0.3 is 0 Å². The normalized spacial score (nSPS) is 10.2. The highest BCUT2D eigenvalue weighted by atomic mass is 35.5. The van der Waals surface area contributed by atoms with Crippen molar-refractivity contribution >= 4 is 17.3 Å². The molecule has 0 heterocycles. The molecule has 0 aliphatic rings. The highest BCUT2D eigenvalue weighted by Crippen LogP contribution is 2.31. The van der Waals surface area contributed by atoms with E-state index in [1.165, 1.54) is 12.1 Å². The van der Waals surface area contributed by atoms with Gasteiger partial charge in [-0.1, -0.05) is 29.8 Å². The van der Waals surface area contributed by atoms with Gasteiger partial charge in [-0.3, -0.25) is 0 Å². The number of benzene rings is 2. The Morgan fingerprint density at radius 1 is 1.12 bits per heavy atom. The number of nitrogen functional groups attached to an aromatic ring is 1. The Hall–Kier alpha value is -1.74. The molecular weight excluding hydrogens is 241 g/mol. The van der Waals surface area contributed by atoms with Crippen LogP contribution in [0.2, 0.25) is 5.02 Å². The molecule has 2 aromatic rings. The molecule has 0 bridgehead atoms. The van der Waals surface area contributed by atoms with E-state index in [-0.39, 0.29) is 5.82 Å². The summed E-state index contributed by atoms with van der Waals surface area (Å²) in [5.74, 6) is 0.185. The van der Waals surface area contributed by atoms with Crippen LogP contribution < -0.4 is 10.5 Å². The molecule has 88 valence electrons. The zero-order valence-electron chi connectivity index (χ0n) is 8.99. The largest absolute Gasteiger partial charge is 0.485 e. The summed E-state index contributed by atoms with van der Waals surface area (Å²) in [5.41, 5.74) is 7.08. The number of para-hydroxylation sites is 1. The van der Waals surface area contributed by atoms with Gasteiger partial charge in [-0.15, -0.1) is 0 Å². The third-order valence-corrected chi connectivity index (χ3v) is 2.59. The molecule has 17 heavy (non-hydrogen) atoms. The van der Waals surface area contributed by atoms with Crippen molar-refractivity contribution in [3.05, 3.63) is 58.9 Å². The summed E-state index contributed by atoms with van der Waals surface area (Å²) in [4.78, 5) is 0. The molecule has 0 fully saturated rings. The Bertz CT molecular complexity index is 493. The zero-order chi connectivity index (χ0) is 12.3. The van der Waals surface area contributed by atoms with Crippen molar-refractivity contribution in [3.63, 3.8) is 0 Å². The lowest BCUT2D eigenvalue weighted by Crippen LogP contribution is -1.99. The van der Waals surface area contributed by atoms with E-state index < -0.39 is 0 Å². The Labute approximate surface area is 104 Å². The summed E-state index contributed by atoms with van der Waals surface area (Å²) in [6.07, 6.45) is 0. The van der Waals surface area contributed by atoms with Gasteiger partial charge in [0.25, 0.3) is 0 Å². The second kappa shape index (κ2) is 5.06. The van der Waals surface area contributed by atoms with Crippen LogP contribution in [-0.4, -0.2) is 0 Å². The predicted octanol–water partition coefficient (Wildman–Crippen LogP) is 3.64. The van der Waals surface area contributed by atoms with E-state index in [4.69, 9.17) is 22.1 Å². The quantitative estimate of drug-likeness (QED) is 0.846. The summed E-state index contributed by atoms with van der Waals surface area (Å²) < 4.78 is 18.2. The van der Waals surface area contributed by atoms with Crippen molar-refractivity contribution in [2.45, 2.75) is 6.61 Å². The Kier molecular flexibility index (Phi) is 3.49. The number of ether oxygens (including phenoxy) is 1. The fraction of sp³-hybridized carbons (Fsp3) is 0.0769. The minimum atomic E-state index is -0.272. The first kappa shape index (κ1) is 11.7. The van der Waals surface area contributed by atoms with Gasteiger partial charge in [-0.2, -0.15) is 0 Å². The van der Waals surface area contributed by atoms with E-state index in [9.17, 15) is 4.39 Å². The van der Waals surface area contributed by atoms with Crippen LogP contribution in [0.25, 0.3) is 0 Å². The van der Waals surface area contributed by atoms with Gasteiger partial charge in [0, 0.05) is 0 Å². The van der Waals surface area contributed by atoms with Crippen molar-refractivity contribution in [1.29, 1.82) is 0 Å². The molecular formula is C13H11ClFNO. The van der Waals surface area contributed by atoms with E-state index >= 15 is 0 Å². The second-order valence-electron chi connectivity index (χ2n) is 3.57. The van der Waals surface area contributed by atoms with E-state index in [2.05, 4.69) is 0 Å². The summed E-state index contributed by atoms with van der Waals surface area (Å²) in [7, 11) is 0. The third-order valence-electron chi connectivity index (χ3n) is 2.29. The van der Waals surface area contributed by atoms with Gasteiger partial charge in [-0.05, 0) is 29.8 Å². The van der Waals surface area contributed by atoms with Crippen LogP contribution in [0.15, 0.2) is 42.5 Å². The molecule has 0 spiro atoms. The lowest BCUT2D eigenvalue weighted by molar-refractivity contribution is 0.308. The molecule has 0 aliphatic carbocycles. The third kappa shape index (κ3) is 2.88. The predicted molar refractivity (Wildman–Crippen MR) is 66.6 cm³/mol. The number of nitrogens with two attached hydrogens (primary N) is 1. The maximum atomic E-state index is 12.7. The molecule has 0 amide bonds. The molecule has 2 N–H and O–H groups in total. The average molecular weight is 252 g/mol. The number of anilines is 1. The SMILES string of the molecule is Nc1cccc(Cl)c1OCc1ccc(F)cc1. The number of hydrogen-bond acceptors (Lipinski definition) is 2. The zero-order valence-corrected chi connectivity index (χ0v) is 9.75. The topological polar surface area (TPSA) is 35.2 Å². The first-order valence-corrected chi connectivity index (χ1v) is 5.46. The molecule has 0 unspecified atom stereocenters. The monoisotopic (exact) mass is 251 g/mol. The molecule has 0 radical (unpaired) electrons. The van der Waals surface area contributed by atoms with Crippen molar-refractivity contribution in [1.82, 2.24) is 0 Å². The summed E-state index contributed by atoms with van der Waals surface area (Å²) in [6, 6.07) is 11.3. The Morgan fingerprint density at radius 2 is 1.82 bits per heavy atom.